The second kappa shape index (κ2) is 25.8. The molecule has 7 heteroatoms. The number of rotatable bonds is 32. The molecule has 4 N–H and O–H groups in total. The van der Waals surface area contributed by atoms with Crippen molar-refractivity contribution >= 4 is 17.9 Å². The number of carboxylic acid groups (broad SMARTS) is 3. The normalized spacial score (nSPS) is 14.4. The molecule has 0 saturated heterocycles. The Morgan fingerprint density at radius 1 is 0.429 bits per heavy atom. The molecule has 0 heterocycles. The van der Waals surface area contributed by atoms with Crippen LogP contribution in [0.5, 0.6) is 0 Å². The van der Waals surface area contributed by atoms with Crippen LogP contribution in [0.4, 0.5) is 0 Å². The fraction of sp³-hybridized carbons (Fsp3) is 0.914. The zero-order valence-corrected chi connectivity index (χ0v) is 27.3. The Kier molecular flexibility index (Phi) is 24.8. The van der Waals surface area contributed by atoms with E-state index in [9.17, 15) is 34.8 Å². The average Bonchev–Trinajstić information content (AvgIpc) is 2.94. The highest BCUT2D eigenvalue weighted by atomic mass is 16.4. The lowest BCUT2D eigenvalue weighted by Gasteiger charge is -2.41. The molecule has 0 aliphatic carbocycles. The summed E-state index contributed by atoms with van der Waals surface area (Å²) in [7, 11) is 0. The van der Waals surface area contributed by atoms with E-state index < -0.39 is 35.3 Å². The predicted molar refractivity (Wildman–Crippen MR) is 171 cm³/mol. The van der Waals surface area contributed by atoms with Crippen molar-refractivity contribution in [2.45, 2.75) is 199 Å². The molecule has 42 heavy (non-hydrogen) atoms. The highest BCUT2D eigenvalue weighted by Crippen LogP contribution is 2.45. The van der Waals surface area contributed by atoms with E-state index >= 15 is 0 Å². The van der Waals surface area contributed by atoms with E-state index in [1.807, 2.05) is 0 Å². The van der Waals surface area contributed by atoms with Gasteiger partial charge in [0, 0.05) is 0 Å². The average molecular weight is 599 g/mol. The fourth-order valence-corrected chi connectivity index (χ4v) is 6.31. The van der Waals surface area contributed by atoms with Crippen LogP contribution in [0.1, 0.15) is 194 Å². The van der Waals surface area contributed by atoms with Crippen molar-refractivity contribution < 1.29 is 34.8 Å². The van der Waals surface area contributed by atoms with Crippen molar-refractivity contribution in [1.29, 1.82) is 0 Å². The topological polar surface area (TPSA) is 132 Å². The van der Waals surface area contributed by atoms with Gasteiger partial charge in [0.1, 0.15) is 5.41 Å². The van der Waals surface area contributed by atoms with E-state index in [1.54, 1.807) is 0 Å². The van der Waals surface area contributed by atoms with Gasteiger partial charge >= 0.3 is 17.9 Å². The number of carboxylic acids is 3. The molecule has 0 saturated carbocycles. The van der Waals surface area contributed by atoms with Crippen LogP contribution in [0.2, 0.25) is 0 Å². The first-order chi connectivity index (χ1) is 20.2. The fourth-order valence-electron chi connectivity index (χ4n) is 6.31. The molecule has 0 aromatic heterocycles. The zero-order chi connectivity index (χ0) is 31.5. The molecule has 0 aliphatic heterocycles. The van der Waals surface area contributed by atoms with Gasteiger partial charge in [0.25, 0.3) is 0 Å². The number of aliphatic carboxylic acids is 3. The lowest BCUT2D eigenvalue weighted by atomic mass is 9.64. The Morgan fingerprint density at radius 2 is 0.690 bits per heavy atom. The number of hydrogen-bond donors (Lipinski definition) is 4. The van der Waals surface area contributed by atoms with Gasteiger partial charge in [-0.05, 0) is 12.8 Å². The van der Waals surface area contributed by atoms with Crippen LogP contribution in [-0.4, -0.2) is 43.9 Å². The highest BCUT2D eigenvalue weighted by molar-refractivity contribution is 5.92. The quantitative estimate of drug-likeness (QED) is 0.0566. The molecule has 2 atom stereocenters. The number of hydrogen-bond acceptors (Lipinski definition) is 4. The van der Waals surface area contributed by atoms with Crippen molar-refractivity contribution in [2.75, 3.05) is 0 Å². The summed E-state index contributed by atoms with van der Waals surface area (Å²) in [6, 6.07) is 0. The Bertz CT molecular complexity index is 695. The summed E-state index contributed by atoms with van der Waals surface area (Å²) in [5.41, 5.74) is -4.87. The molecule has 0 bridgehead atoms. The Morgan fingerprint density at radius 3 is 0.905 bits per heavy atom. The summed E-state index contributed by atoms with van der Waals surface area (Å²) >= 11 is 0. The van der Waals surface area contributed by atoms with Crippen molar-refractivity contribution in [2.24, 2.45) is 5.41 Å². The molecule has 0 aliphatic rings. The highest BCUT2D eigenvalue weighted by Gasteiger charge is 2.61. The molecule has 0 aromatic rings. The summed E-state index contributed by atoms with van der Waals surface area (Å²) < 4.78 is 0. The number of unbranched alkanes of at least 4 members (excludes halogenated alkanes) is 23. The maximum Gasteiger partial charge on any atom is 0.337 e. The molecule has 0 rings (SSSR count). The monoisotopic (exact) mass is 598 g/mol. The molecule has 7 nitrogen and oxygen atoms in total. The molecule has 0 fully saturated rings. The maximum absolute atomic E-state index is 12.6. The van der Waals surface area contributed by atoms with Crippen LogP contribution >= 0.6 is 0 Å². The van der Waals surface area contributed by atoms with Crippen molar-refractivity contribution in [3.8, 4) is 0 Å². The van der Waals surface area contributed by atoms with E-state index in [-0.39, 0.29) is 12.8 Å². The van der Waals surface area contributed by atoms with Crippen molar-refractivity contribution in [3.05, 3.63) is 0 Å². The van der Waals surface area contributed by atoms with Crippen LogP contribution in [-0.2, 0) is 14.4 Å². The third kappa shape index (κ3) is 17.5. The summed E-state index contributed by atoms with van der Waals surface area (Å²) in [6.07, 6.45) is 26.6. The van der Waals surface area contributed by atoms with Gasteiger partial charge in [-0.1, -0.05) is 174 Å². The van der Waals surface area contributed by atoms with E-state index in [0.29, 0.717) is 12.8 Å². The van der Waals surface area contributed by atoms with Gasteiger partial charge in [0.15, 0.2) is 5.60 Å². The van der Waals surface area contributed by atoms with E-state index in [2.05, 4.69) is 13.8 Å². The molecule has 0 spiro atoms. The maximum atomic E-state index is 12.6. The van der Waals surface area contributed by atoms with Crippen LogP contribution in [0.15, 0.2) is 0 Å². The van der Waals surface area contributed by atoms with Crippen molar-refractivity contribution in [1.82, 2.24) is 0 Å². The minimum atomic E-state index is -2.85. The van der Waals surface area contributed by atoms with Gasteiger partial charge in [-0.3, -0.25) is 9.59 Å². The third-order valence-electron chi connectivity index (χ3n) is 9.13. The summed E-state index contributed by atoms with van der Waals surface area (Å²) in [6.45, 7) is 4.44. The molecular formula is C35H66O7. The molecular weight excluding hydrogens is 532 g/mol. The van der Waals surface area contributed by atoms with Crippen LogP contribution in [0.3, 0.4) is 0 Å². The van der Waals surface area contributed by atoms with Crippen LogP contribution in [0.25, 0.3) is 0 Å². The van der Waals surface area contributed by atoms with E-state index in [4.69, 9.17) is 0 Å². The smallest absolute Gasteiger partial charge is 0.337 e. The first kappa shape index (κ1) is 40.4. The Hall–Kier alpha value is -1.63. The van der Waals surface area contributed by atoms with Gasteiger partial charge in [-0.25, -0.2) is 4.79 Å². The minimum absolute atomic E-state index is 0.0335. The second-order valence-corrected chi connectivity index (χ2v) is 12.8. The summed E-state index contributed by atoms with van der Waals surface area (Å²) in [5, 5.41) is 40.7. The van der Waals surface area contributed by atoms with Gasteiger partial charge in [0.05, 0.1) is 6.42 Å². The summed E-state index contributed by atoms with van der Waals surface area (Å²) in [5.74, 6) is -4.68. The molecule has 248 valence electrons. The summed E-state index contributed by atoms with van der Waals surface area (Å²) in [4.78, 5) is 36.3. The van der Waals surface area contributed by atoms with Gasteiger partial charge in [0.2, 0.25) is 0 Å². The third-order valence-corrected chi connectivity index (χ3v) is 9.13. The van der Waals surface area contributed by atoms with Gasteiger partial charge in [-0.15, -0.1) is 0 Å². The number of carbonyl (C=O) groups is 3. The zero-order valence-electron chi connectivity index (χ0n) is 27.3. The van der Waals surface area contributed by atoms with Crippen LogP contribution in [0, 0.1) is 5.41 Å². The first-order valence-corrected chi connectivity index (χ1v) is 17.6. The van der Waals surface area contributed by atoms with Crippen molar-refractivity contribution in [3.63, 3.8) is 0 Å². The lowest BCUT2D eigenvalue weighted by Crippen LogP contribution is -2.59. The lowest BCUT2D eigenvalue weighted by molar-refractivity contribution is -0.196. The van der Waals surface area contributed by atoms with E-state index in [0.717, 1.165) is 51.4 Å². The standard InChI is InChI=1S/C35H66O7/c1-3-5-7-9-11-13-15-16-17-19-21-23-25-27-29-34(32(38)39,35(42,33(40)41)30-31(36)37)28-26-24-22-20-18-14-12-10-8-6-4-2/h42H,3-30H2,1-2H3,(H,36,37)(H,38,39)(H,40,41). The Labute approximate surface area is 257 Å². The van der Waals surface area contributed by atoms with Crippen LogP contribution < -0.4 is 0 Å². The van der Waals surface area contributed by atoms with Gasteiger partial charge in [-0.2, -0.15) is 0 Å². The predicted octanol–water partition coefficient (Wildman–Crippen LogP) is 9.92. The molecule has 0 radical (unpaired) electrons. The molecule has 0 amide bonds. The minimum Gasteiger partial charge on any atom is -0.481 e. The largest absolute Gasteiger partial charge is 0.481 e. The Balaban J connectivity index is 4.71. The SMILES string of the molecule is CCCCCCCCCCCCCCCCC(CCCCCCCCCCCCC)(C(=O)O)C(O)(CC(=O)O)C(=O)O. The second-order valence-electron chi connectivity index (χ2n) is 12.8. The molecule has 2 unspecified atom stereocenters. The first-order valence-electron chi connectivity index (χ1n) is 17.6. The molecule has 0 aromatic carbocycles. The van der Waals surface area contributed by atoms with E-state index in [1.165, 1.54) is 96.3 Å². The van der Waals surface area contributed by atoms with Gasteiger partial charge < -0.3 is 20.4 Å². The number of aliphatic hydroxyl groups is 1.